The summed E-state index contributed by atoms with van der Waals surface area (Å²) in [6.45, 7) is -0.413. The van der Waals surface area contributed by atoms with Crippen LogP contribution in [0.25, 0.3) is 0 Å². The first-order valence-corrected chi connectivity index (χ1v) is 10.4. The van der Waals surface area contributed by atoms with Crippen molar-refractivity contribution in [3.63, 3.8) is 0 Å². The normalized spacial score (nSPS) is 20.9. The lowest BCUT2D eigenvalue weighted by Gasteiger charge is -2.39. The summed E-state index contributed by atoms with van der Waals surface area (Å²) in [5.41, 5.74) is -1.57. The molecule has 1 saturated heterocycles. The van der Waals surface area contributed by atoms with E-state index >= 15 is 0 Å². The van der Waals surface area contributed by atoms with E-state index in [1.165, 1.54) is 6.07 Å². The third-order valence-electron chi connectivity index (χ3n) is 5.58. The predicted octanol–water partition coefficient (Wildman–Crippen LogP) is 4.24. The van der Waals surface area contributed by atoms with Gasteiger partial charge >= 0.3 is 6.18 Å². The van der Waals surface area contributed by atoms with Gasteiger partial charge in [0.15, 0.2) is 0 Å². The monoisotopic (exact) mass is 490 g/mol. The Morgan fingerprint density at radius 2 is 1.88 bits per heavy atom. The maximum atomic E-state index is 13.9. The highest BCUT2D eigenvalue weighted by atomic mass is 35.5. The number of rotatable bonds is 6. The van der Waals surface area contributed by atoms with Crippen LogP contribution in [-0.2, 0) is 11.0 Å². The molecule has 3 unspecified atom stereocenters. The molecule has 0 spiro atoms. The molecule has 5 nitrogen and oxygen atoms in total. The fourth-order valence-electron chi connectivity index (χ4n) is 4.03. The van der Waals surface area contributed by atoms with Gasteiger partial charge in [0.05, 0.1) is 11.6 Å². The van der Waals surface area contributed by atoms with Gasteiger partial charge in [-0.2, -0.15) is 13.2 Å². The van der Waals surface area contributed by atoms with Crippen LogP contribution in [0.2, 0.25) is 5.02 Å². The average molecular weight is 491 g/mol. The number of amides is 2. The van der Waals surface area contributed by atoms with E-state index in [1.807, 2.05) is 0 Å². The van der Waals surface area contributed by atoms with Crippen molar-refractivity contribution >= 4 is 23.4 Å². The molecular formula is C22H20ClF5N2O3. The summed E-state index contributed by atoms with van der Waals surface area (Å²) < 4.78 is 66.4. The molecule has 2 aromatic rings. The third kappa shape index (κ3) is 6.00. The lowest BCUT2D eigenvalue weighted by Crippen LogP contribution is -2.48. The highest BCUT2D eigenvalue weighted by Gasteiger charge is 2.38. The molecule has 178 valence electrons. The Labute approximate surface area is 190 Å². The van der Waals surface area contributed by atoms with Gasteiger partial charge in [-0.3, -0.25) is 9.59 Å². The highest BCUT2D eigenvalue weighted by molar-refractivity contribution is 6.31. The first-order valence-electron chi connectivity index (χ1n) is 10.0. The average Bonchev–Trinajstić information content (AvgIpc) is 2.73. The summed E-state index contributed by atoms with van der Waals surface area (Å²) in [7, 11) is 0. The van der Waals surface area contributed by atoms with Crippen molar-refractivity contribution in [1.29, 1.82) is 0 Å². The minimum Gasteiger partial charge on any atom is -0.396 e. The van der Waals surface area contributed by atoms with E-state index in [4.69, 9.17) is 11.6 Å². The van der Waals surface area contributed by atoms with Crippen LogP contribution < -0.4 is 10.6 Å². The molecule has 3 rings (SSSR count). The fourth-order valence-corrected chi connectivity index (χ4v) is 4.26. The number of hydrogen-bond donors (Lipinski definition) is 3. The molecule has 2 aromatic carbocycles. The van der Waals surface area contributed by atoms with Crippen molar-refractivity contribution in [3.05, 3.63) is 69.7 Å². The summed E-state index contributed by atoms with van der Waals surface area (Å²) in [4.78, 5) is 24.8. The quantitative estimate of drug-likeness (QED) is 0.530. The number of nitrogens with one attached hydrogen (secondary N) is 2. The minimum absolute atomic E-state index is 0.0166. The second kappa shape index (κ2) is 10.0. The number of piperidine rings is 1. The van der Waals surface area contributed by atoms with Crippen molar-refractivity contribution < 1.29 is 36.6 Å². The molecule has 0 radical (unpaired) electrons. The van der Waals surface area contributed by atoms with Crippen molar-refractivity contribution in [2.45, 2.75) is 25.1 Å². The molecule has 2 amide bonds. The number of carbonyl (C=O) groups excluding carboxylic acids is 2. The van der Waals surface area contributed by atoms with Crippen LogP contribution >= 0.6 is 11.6 Å². The van der Waals surface area contributed by atoms with Crippen molar-refractivity contribution in [2.24, 2.45) is 11.8 Å². The van der Waals surface area contributed by atoms with Crippen LogP contribution in [0.5, 0.6) is 0 Å². The Balaban J connectivity index is 1.88. The van der Waals surface area contributed by atoms with E-state index in [9.17, 15) is 36.6 Å². The molecule has 0 bridgehead atoms. The second-order valence-corrected chi connectivity index (χ2v) is 8.19. The van der Waals surface area contributed by atoms with Gasteiger partial charge in [-0.1, -0.05) is 11.6 Å². The predicted molar refractivity (Wildman–Crippen MR) is 109 cm³/mol. The Morgan fingerprint density at radius 3 is 2.55 bits per heavy atom. The zero-order valence-corrected chi connectivity index (χ0v) is 17.8. The molecule has 0 aromatic heterocycles. The number of hydrogen-bond acceptors (Lipinski definition) is 3. The number of carbonyl (C=O) groups is 2. The Hall–Kier alpha value is -2.72. The van der Waals surface area contributed by atoms with Gasteiger partial charge < -0.3 is 15.7 Å². The lowest BCUT2D eigenvalue weighted by atomic mass is 9.76. The summed E-state index contributed by atoms with van der Waals surface area (Å²) >= 11 is 6.20. The van der Waals surface area contributed by atoms with Crippen LogP contribution in [0.3, 0.4) is 0 Å². The minimum atomic E-state index is -4.84. The maximum Gasteiger partial charge on any atom is 0.416 e. The zero-order chi connectivity index (χ0) is 24.3. The van der Waals surface area contributed by atoms with Gasteiger partial charge in [-0.25, -0.2) is 8.78 Å². The van der Waals surface area contributed by atoms with Crippen LogP contribution in [0, 0.1) is 23.5 Å². The standard InChI is InChI=1S/C22H20ClF5N2O3/c23-18-2-1-14(24)9-16(18)20-17(11(3-4-31)7-19(32)30-20)10-29-21(33)12-5-13(22(26,27)28)8-15(25)6-12/h1-2,5-6,8-9,11,17,20,31H,3-4,7,10H2,(H,29,33)(H,30,32). The molecule has 1 heterocycles. The van der Waals surface area contributed by atoms with E-state index < -0.39 is 52.7 Å². The molecule has 3 N–H and O–H groups in total. The van der Waals surface area contributed by atoms with Gasteiger partial charge in [0.25, 0.3) is 5.91 Å². The van der Waals surface area contributed by atoms with E-state index in [2.05, 4.69) is 10.6 Å². The van der Waals surface area contributed by atoms with E-state index in [1.54, 1.807) is 0 Å². The fraction of sp³-hybridized carbons (Fsp3) is 0.364. The number of aliphatic hydroxyl groups excluding tert-OH is 1. The zero-order valence-electron chi connectivity index (χ0n) is 17.1. The number of halogens is 6. The SMILES string of the molecule is O=C1CC(CCO)C(CNC(=O)c2cc(F)cc(C(F)(F)F)c2)C(c2cc(F)ccc2Cl)N1. The molecule has 0 saturated carbocycles. The molecule has 3 atom stereocenters. The van der Waals surface area contributed by atoms with Crippen LogP contribution in [0.4, 0.5) is 22.0 Å². The number of alkyl halides is 3. The highest BCUT2D eigenvalue weighted by Crippen LogP contribution is 2.38. The molecular weight excluding hydrogens is 471 g/mol. The van der Waals surface area contributed by atoms with Crippen LogP contribution in [0.1, 0.15) is 40.4 Å². The first-order chi connectivity index (χ1) is 15.5. The second-order valence-electron chi connectivity index (χ2n) is 7.79. The third-order valence-corrected chi connectivity index (χ3v) is 5.92. The molecule has 0 aliphatic carbocycles. The number of benzene rings is 2. The van der Waals surface area contributed by atoms with E-state index in [-0.39, 0.29) is 48.6 Å². The summed E-state index contributed by atoms with van der Waals surface area (Å²) in [6, 6.07) is 4.27. The van der Waals surface area contributed by atoms with Gasteiger partial charge in [0, 0.05) is 36.1 Å². The Kier molecular flexibility index (Phi) is 7.58. The van der Waals surface area contributed by atoms with Crippen LogP contribution in [-0.4, -0.2) is 30.1 Å². The largest absolute Gasteiger partial charge is 0.416 e. The van der Waals surface area contributed by atoms with Crippen LogP contribution in [0.15, 0.2) is 36.4 Å². The summed E-state index contributed by atoms with van der Waals surface area (Å²) in [5, 5.41) is 14.8. The van der Waals surface area contributed by atoms with Crippen molar-refractivity contribution in [2.75, 3.05) is 13.2 Å². The maximum absolute atomic E-state index is 13.9. The number of aliphatic hydroxyl groups is 1. The van der Waals surface area contributed by atoms with Gasteiger partial charge in [0.1, 0.15) is 11.6 Å². The summed E-state index contributed by atoms with van der Waals surface area (Å²) in [6.07, 6.45) is -4.63. The smallest absolute Gasteiger partial charge is 0.396 e. The lowest BCUT2D eigenvalue weighted by molar-refractivity contribution is -0.137. The van der Waals surface area contributed by atoms with E-state index in [0.29, 0.717) is 12.1 Å². The van der Waals surface area contributed by atoms with Gasteiger partial charge in [0.2, 0.25) is 5.91 Å². The topological polar surface area (TPSA) is 78.4 Å². The Morgan fingerprint density at radius 1 is 1.15 bits per heavy atom. The first kappa shape index (κ1) is 24.9. The van der Waals surface area contributed by atoms with Gasteiger partial charge in [-0.15, -0.1) is 0 Å². The van der Waals surface area contributed by atoms with E-state index in [0.717, 1.165) is 12.1 Å². The molecule has 1 fully saturated rings. The van der Waals surface area contributed by atoms with Crippen molar-refractivity contribution in [3.8, 4) is 0 Å². The molecule has 1 aliphatic rings. The Bertz CT molecular complexity index is 1050. The molecule has 33 heavy (non-hydrogen) atoms. The molecule has 1 aliphatic heterocycles. The molecule has 11 heteroatoms. The summed E-state index contributed by atoms with van der Waals surface area (Å²) in [5.74, 6) is -4.15. The van der Waals surface area contributed by atoms with Crippen molar-refractivity contribution in [1.82, 2.24) is 10.6 Å². The van der Waals surface area contributed by atoms with Gasteiger partial charge in [-0.05, 0) is 54.3 Å².